The average molecular weight is 466 g/mol. The monoisotopic (exact) mass is 465 g/mol. The summed E-state index contributed by atoms with van der Waals surface area (Å²) in [6, 6.07) is 5.71. The molecular weight excluding hydrogens is 438 g/mol. The zero-order valence-corrected chi connectivity index (χ0v) is 18.8. The Kier molecular flexibility index (Phi) is 6.49. The van der Waals surface area contributed by atoms with Gasteiger partial charge < -0.3 is 26.1 Å². The predicted octanol–water partition coefficient (Wildman–Crippen LogP) is 0.985. The molecular formula is C24H27N5O5. The number of rotatable bonds is 6. The van der Waals surface area contributed by atoms with E-state index in [9.17, 15) is 19.2 Å². The molecule has 4 rings (SSSR count). The van der Waals surface area contributed by atoms with E-state index >= 15 is 0 Å². The molecule has 0 aromatic heterocycles. The molecule has 1 spiro atoms. The molecule has 3 atom stereocenters. The number of carbonyl (C=O) groups excluding carboxylic acids is 4. The second kappa shape index (κ2) is 9.50. The van der Waals surface area contributed by atoms with Crippen LogP contribution in [0.2, 0.25) is 0 Å². The van der Waals surface area contributed by atoms with E-state index in [1.807, 2.05) is 19.1 Å². The summed E-state index contributed by atoms with van der Waals surface area (Å²) in [5.74, 6) is -1.40. The van der Waals surface area contributed by atoms with E-state index in [1.54, 1.807) is 30.4 Å². The van der Waals surface area contributed by atoms with Crippen LogP contribution in [0.3, 0.4) is 0 Å². The highest BCUT2D eigenvalue weighted by Gasteiger charge is 2.54. The fourth-order valence-electron chi connectivity index (χ4n) is 4.52. The molecule has 3 aliphatic heterocycles. The van der Waals surface area contributed by atoms with Crippen LogP contribution >= 0.6 is 0 Å². The van der Waals surface area contributed by atoms with Crippen LogP contribution < -0.4 is 16.4 Å². The molecule has 10 heteroatoms. The number of nitrogens with one attached hydrogen (secondary N) is 2. The Labute approximate surface area is 196 Å². The van der Waals surface area contributed by atoms with Gasteiger partial charge in [-0.1, -0.05) is 35.5 Å². The van der Waals surface area contributed by atoms with Crippen LogP contribution in [0.25, 0.3) is 0 Å². The quantitative estimate of drug-likeness (QED) is 0.424. The van der Waals surface area contributed by atoms with Gasteiger partial charge in [0.15, 0.2) is 5.60 Å². The summed E-state index contributed by atoms with van der Waals surface area (Å²) in [5, 5.41) is 9.69. The van der Waals surface area contributed by atoms with Crippen LogP contribution in [0.15, 0.2) is 53.7 Å². The molecule has 1 aromatic carbocycles. The molecule has 178 valence electrons. The standard InChI is InChI=1S/C24H27N5O5/c1-2-3-4-8-20(30)26-16-7-5-6-15(11-16)18-12-24(34-28-18)13-19(22(25)32)29(14-24)23(33)17-9-10-21(31)27-17/h2-8,11,17,19H,9-10,12-14H2,1H3,(H2,25,32)(H,26,30)(H,27,31)/b3-2-,8-4-/t17-,19+,24?/m1/s1. The number of nitrogens with two attached hydrogens (primary N) is 1. The first-order chi connectivity index (χ1) is 16.3. The first-order valence-corrected chi connectivity index (χ1v) is 11.2. The Morgan fingerprint density at radius 2 is 2.15 bits per heavy atom. The van der Waals surface area contributed by atoms with Crippen LogP contribution in [0.4, 0.5) is 5.69 Å². The Balaban J connectivity index is 1.46. The smallest absolute Gasteiger partial charge is 0.248 e. The van der Waals surface area contributed by atoms with E-state index in [1.165, 1.54) is 11.0 Å². The number of allylic oxidation sites excluding steroid dienone is 3. The van der Waals surface area contributed by atoms with Gasteiger partial charge in [-0.05, 0) is 25.5 Å². The third-order valence-corrected chi connectivity index (χ3v) is 6.16. The largest absolute Gasteiger partial charge is 0.387 e. The Morgan fingerprint density at radius 1 is 1.32 bits per heavy atom. The molecule has 2 saturated heterocycles. The van der Waals surface area contributed by atoms with Gasteiger partial charge in [0.05, 0.1) is 12.3 Å². The van der Waals surface area contributed by atoms with Gasteiger partial charge >= 0.3 is 0 Å². The van der Waals surface area contributed by atoms with Crippen molar-refractivity contribution in [2.24, 2.45) is 10.9 Å². The van der Waals surface area contributed by atoms with Crippen LogP contribution in [-0.4, -0.2) is 58.5 Å². The van der Waals surface area contributed by atoms with Crippen molar-refractivity contribution in [3.05, 3.63) is 54.1 Å². The molecule has 34 heavy (non-hydrogen) atoms. The van der Waals surface area contributed by atoms with Crippen LogP contribution in [0, 0.1) is 0 Å². The predicted molar refractivity (Wildman–Crippen MR) is 124 cm³/mol. The average Bonchev–Trinajstić information content (AvgIpc) is 3.53. The second-order valence-corrected chi connectivity index (χ2v) is 8.69. The van der Waals surface area contributed by atoms with E-state index in [0.717, 1.165) is 5.56 Å². The van der Waals surface area contributed by atoms with E-state index in [-0.39, 0.29) is 37.1 Å². The third-order valence-electron chi connectivity index (χ3n) is 6.16. The first kappa shape index (κ1) is 23.2. The molecule has 0 saturated carbocycles. The molecule has 2 fully saturated rings. The minimum atomic E-state index is -0.873. The van der Waals surface area contributed by atoms with Crippen LogP contribution in [-0.2, 0) is 24.0 Å². The minimum Gasteiger partial charge on any atom is -0.387 e. The van der Waals surface area contributed by atoms with Crippen molar-refractivity contribution < 1.29 is 24.0 Å². The summed E-state index contributed by atoms with van der Waals surface area (Å²) in [7, 11) is 0. The number of nitrogens with zero attached hydrogens (tertiary/aromatic N) is 2. The van der Waals surface area contributed by atoms with Crippen molar-refractivity contribution in [1.82, 2.24) is 10.2 Å². The van der Waals surface area contributed by atoms with Gasteiger partial charge in [0.1, 0.15) is 12.1 Å². The zero-order chi connectivity index (χ0) is 24.3. The Morgan fingerprint density at radius 3 is 2.85 bits per heavy atom. The topological polar surface area (TPSA) is 143 Å². The van der Waals surface area contributed by atoms with Gasteiger partial charge in [-0.25, -0.2) is 0 Å². The summed E-state index contributed by atoms with van der Waals surface area (Å²) < 4.78 is 0. The number of likely N-dealkylation sites (tertiary alicyclic amines) is 1. The van der Waals surface area contributed by atoms with Crippen molar-refractivity contribution in [3.63, 3.8) is 0 Å². The van der Waals surface area contributed by atoms with Gasteiger partial charge in [0.2, 0.25) is 23.6 Å². The number of hydrogen-bond acceptors (Lipinski definition) is 6. The maximum Gasteiger partial charge on any atom is 0.248 e. The number of carbonyl (C=O) groups is 4. The molecule has 10 nitrogen and oxygen atoms in total. The molecule has 3 heterocycles. The summed E-state index contributed by atoms with van der Waals surface area (Å²) in [6.45, 7) is 2.01. The van der Waals surface area contributed by atoms with Crippen molar-refractivity contribution >= 4 is 35.0 Å². The number of amides is 4. The summed E-state index contributed by atoms with van der Waals surface area (Å²) in [5.41, 5.74) is 6.73. The highest BCUT2D eigenvalue weighted by Crippen LogP contribution is 2.39. The third kappa shape index (κ3) is 4.85. The molecule has 4 N–H and O–H groups in total. The van der Waals surface area contributed by atoms with Gasteiger partial charge in [-0.15, -0.1) is 0 Å². The highest BCUT2D eigenvalue weighted by atomic mass is 16.7. The molecule has 0 aliphatic carbocycles. The maximum atomic E-state index is 13.0. The number of hydrogen-bond donors (Lipinski definition) is 3. The lowest BCUT2D eigenvalue weighted by atomic mass is 9.91. The van der Waals surface area contributed by atoms with E-state index in [4.69, 9.17) is 10.6 Å². The van der Waals surface area contributed by atoms with Crippen molar-refractivity contribution in [3.8, 4) is 0 Å². The lowest BCUT2D eigenvalue weighted by Crippen LogP contribution is -2.50. The highest BCUT2D eigenvalue weighted by molar-refractivity contribution is 6.04. The van der Waals surface area contributed by atoms with Crippen molar-refractivity contribution in [2.75, 3.05) is 11.9 Å². The lowest BCUT2D eigenvalue weighted by molar-refractivity contribution is -0.139. The van der Waals surface area contributed by atoms with Gasteiger partial charge in [0.25, 0.3) is 0 Å². The first-order valence-electron chi connectivity index (χ1n) is 11.2. The number of oxime groups is 1. The Hall–Kier alpha value is -3.95. The summed E-state index contributed by atoms with van der Waals surface area (Å²) in [6.07, 6.45) is 7.91. The van der Waals surface area contributed by atoms with Gasteiger partial charge in [0, 0.05) is 36.6 Å². The summed E-state index contributed by atoms with van der Waals surface area (Å²) >= 11 is 0. The number of primary amides is 1. The number of benzene rings is 1. The molecule has 0 radical (unpaired) electrons. The fourth-order valence-corrected chi connectivity index (χ4v) is 4.52. The molecule has 1 aromatic rings. The van der Waals surface area contributed by atoms with Crippen molar-refractivity contribution in [2.45, 2.75) is 50.3 Å². The molecule has 1 unspecified atom stereocenters. The van der Waals surface area contributed by atoms with E-state index in [2.05, 4.69) is 15.8 Å². The van der Waals surface area contributed by atoms with Crippen LogP contribution in [0.5, 0.6) is 0 Å². The number of anilines is 1. The minimum absolute atomic E-state index is 0.144. The van der Waals surface area contributed by atoms with E-state index < -0.39 is 23.6 Å². The lowest BCUT2D eigenvalue weighted by Gasteiger charge is -2.25. The normalized spacial score (nSPS) is 26.2. The van der Waals surface area contributed by atoms with Gasteiger partial charge in [-0.3, -0.25) is 19.2 Å². The van der Waals surface area contributed by atoms with Crippen molar-refractivity contribution in [1.29, 1.82) is 0 Å². The fraction of sp³-hybridized carbons (Fsp3) is 0.375. The van der Waals surface area contributed by atoms with E-state index in [0.29, 0.717) is 24.2 Å². The molecule has 4 amide bonds. The molecule has 3 aliphatic rings. The zero-order valence-electron chi connectivity index (χ0n) is 18.8. The second-order valence-electron chi connectivity index (χ2n) is 8.69. The molecule has 0 bridgehead atoms. The summed E-state index contributed by atoms with van der Waals surface area (Å²) in [4.78, 5) is 55.9. The maximum absolute atomic E-state index is 13.0. The van der Waals surface area contributed by atoms with Gasteiger partial charge in [-0.2, -0.15) is 0 Å². The Bertz CT molecular complexity index is 1110. The van der Waals surface area contributed by atoms with Crippen LogP contribution in [0.1, 0.15) is 38.2 Å². The SMILES string of the molecule is C/C=C\C=C/C(=O)Nc1cccc(C2=NOC3(C2)C[C@@H](C(N)=O)N(C(=O)[C@H]2CCC(=O)N2)C3)c1.